The first-order chi connectivity index (χ1) is 11.6. The molecule has 0 atom stereocenters. The summed E-state index contributed by atoms with van der Waals surface area (Å²) in [5.41, 5.74) is 1.45. The molecule has 1 N–H and O–H groups in total. The minimum atomic E-state index is -0.396. The van der Waals surface area contributed by atoms with Crippen molar-refractivity contribution in [1.82, 2.24) is 19.7 Å². The number of hydrogen-bond donors (Lipinski definition) is 1. The van der Waals surface area contributed by atoms with E-state index in [9.17, 15) is 4.39 Å². The molecule has 0 fully saturated rings. The Morgan fingerprint density at radius 1 is 1.33 bits per heavy atom. The molecule has 0 aliphatic carbocycles. The quantitative estimate of drug-likeness (QED) is 0.739. The molecule has 3 aromatic rings. The Labute approximate surface area is 138 Å². The van der Waals surface area contributed by atoms with Gasteiger partial charge in [0.25, 0.3) is 0 Å². The van der Waals surface area contributed by atoms with Crippen molar-refractivity contribution in [3.63, 3.8) is 0 Å². The van der Waals surface area contributed by atoms with E-state index < -0.39 is 5.82 Å². The molecule has 8 heteroatoms. The molecule has 3 rings (SSSR count). The van der Waals surface area contributed by atoms with E-state index in [1.807, 2.05) is 18.0 Å². The number of halogens is 1. The minimum Gasteiger partial charge on any atom is -0.494 e. The lowest BCUT2D eigenvalue weighted by Crippen LogP contribution is -2.18. The average Bonchev–Trinajstić information content (AvgIpc) is 2.98. The fourth-order valence-electron chi connectivity index (χ4n) is 2.60. The molecule has 0 bridgehead atoms. The van der Waals surface area contributed by atoms with Crippen LogP contribution in [-0.2, 0) is 13.1 Å². The predicted molar refractivity (Wildman–Crippen MR) is 87.5 cm³/mol. The summed E-state index contributed by atoms with van der Waals surface area (Å²) in [7, 11) is 3.30. The second-order valence-corrected chi connectivity index (χ2v) is 5.35. The summed E-state index contributed by atoms with van der Waals surface area (Å²) in [6.45, 7) is 0.822. The number of methoxy groups -OCH3 is 1. The van der Waals surface area contributed by atoms with Crippen molar-refractivity contribution in [3.05, 3.63) is 42.1 Å². The minimum absolute atomic E-state index is 0.0168. The van der Waals surface area contributed by atoms with Gasteiger partial charge in [-0.1, -0.05) is 6.07 Å². The van der Waals surface area contributed by atoms with Crippen LogP contribution in [0.2, 0.25) is 0 Å². The van der Waals surface area contributed by atoms with Crippen molar-refractivity contribution in [2.24, 2.45) is 0 Å². The summed E-state index contributed by atoms with van der Waals surface area (Å²) < 4.78 is 20.4. The van der Waals surface area contributed by atoms with Gasteiger partial charge in [0.15, 0.2) is 17.2 Å². The summed E-state index contributed by atoms with van der Waals surface area (Å²) in [4.78, 5) is 10.4. The first kappa shape index (κ1) is 16.1. The molecular weight excluding hydrogens is 313 g/mol. The normalized spacial score (nSPS) is 11.0. The zero-order valence-electron chi connectivity index (χ0n) is 13.5. The maximum Gasteiger partial charge on any atom is 0.165 e. The molecule has 0 aliphatic rings. The smallest absolute Gasteiger partial charge is 0.165 e. The van der Waals surface area contributed by atoms with Gasteiger partial charge in [0.2, 0.25) is 0 Å². The van der Waals surface area contributed by atoms with Crippen LogP contribution in [0.5, 0.6) is 5.75 Å². The number of aromatic nitrogens is 4. The highest BCUT2D eigenvalue weighted by Gasteiger charge is 2.14. The van der Waals surface area contributed by atoms with Gasteiger partial charge in [-0.15, -0.1) is 0 Å². The largest absolute Gasteiger partial charge is 0.494 e. The van der Waals surface area contributed by atoms with E-state index in [0.29, 0.717) is 24.6 Å². The molecule has 0 amide bonds. The van der Waals surface area contributed by atoms with Crippen molar-refractivity contribution < 1.29 is 14.2 Å². The Morgan fingerprint density at radius 3 is 2.88 bits per heavy atom. The number of fused-ring (bicyclic) bond motifs is 1. The number of anilines is 1. The van der Waals surface area contributed by atoms with Gasteiger partial charge in [-0.3, -0.25) is 0 Å². The van der Waals surface area contributed by atoms with E-state index in [0.717, 1.165) is 10.9 Å². The van der Waals surface area contributed by atoms with E-state index >= 15 is 0 Å². The zero-order valence-corrected chi connectivity index (χ0v) is 13.5. The molecule has 0 unspecified atom stereocenters. The zero-order chi connectivity index (χ0) is 17.1. The highest BCUT2D eigenvalue weighted by atomic mass is 19.1. The third-order valence-electron chi connectivity index (χ3n) is 3.72. The van der Waals surface area contributed by atoms with Crippen molar-refractivity contribution in [2.75, 3.05) is 25.7 Å². The fourth-order valence-corrected chi connectivity index (χ4v) is 2.60. The van der Waals surface area contributed by atoms with E-state index in [1.165, 1.54) is 19.5 Å². The Balaban J connectivity index is 1.88. The van der Waals surface area contributed by atoms with Crippen LogP contribution in [0.3, 0.4) is 0 Å². The Hall–Kier alpha value is -2.74. The predicted octanol–water partition coefficient (Wildman–Crippen LogP) is 1.60. The van der Waals surface area contributed by atoms with Crippen LogP contribution in [-0.4, -0.2) is 45.6 Å². The van der Waals surface area contributed by atoms with Crippen LogP contribution in [0, 0.1) is 5.82 Å². The van der Waals surface area contributed by atoms with E-state index in [2.05, 4.69) is 15.1 Å². The summed E-state index contributed by atoms with van der Waals surface area (Å²) in [5.74, 6) is 0.517. The van der Waals surface area contributed by atoms with Gasteiger partial charge in [0.1, 0.15) is 12.1 Å². The summed E-state index contributed by atoms with van der Waals surface area (Å²) in [6, 6.07) is 4.86. The number of rotatable bonds is 6. The van der Waals surface area contributed by atoms with Crippen molar-refractivity contribution in [2.45, 2.75) is 13.1 Å². The first-order valence-electron chi connectivity index (χ1n) is 7.45. The molecule has 0 spiro atoms. The van der Waals surface area contributed by atoms with E-state index in [4.69, 9.17) is 9.84 Å². The summed E-state index contributed by atoms with van der Waals surface area (Å²) in [6.07, 6.45) is 3.13. The van der Waals surface area contributed by atoms with Crippen LogP contribution in [0.15, 0.2) is 30.7 Å². The van der Waals surface area contributed by atoms with Crippen LogP contribution >= 0.6 is 0 Å². The molecule has 2 heterocycles. The van der Waals surface area contributed by atoms with E-state index in [-0.39, 0.29) is 12.4 Å². The lowest BCUT2D eigenvalue weighted by atomic mass is 10.2. The number of benzene rings is 1. The van der Waals surface area contributed by atoms with Crippen LogP contribution < -0.4 is 9.64 Å². The second kappa shape index (κ2) is 6.79. The lowest BCUT2D eigenvalue weighted by molar-refractivity contribution is 0.271. The molecule has 24 heavy (non-hydrogen) atoms. The van der Waals surface area contributed by atoms with Gasteiger partial charge >= 0.3 is 0 Å². The molecule has 7 nitrogen and oxygen atoms in total. The van der Waals surface area contributed by atoms with Gasteiger partial charge in [-0.2, -0.15) is 5.10 Å². The molecule has 0 radical (unpaired) electrons. The standard InChI is InChI=1S/C16H18FN5O2/c1-21(9-11-3-4-14(24-2)13(17)7-11)15-12-8-20-22(5-6-23)16(12)19-10-18-15/h3-4,7-8,10,23H,5-6,9H2,1-2H3. The molecule has 1 aromatic carbocycles. The molecule has 0 aliphatic heterocycles. The van der Waals surface area contributed by atoms with Gasteiger partial charge in [0, 0.05) is 13.6 Å². The SMILES string of the molecule is COc1ccc(CN(C)c2ncnc3c2cnn3CCO)cc1F. The van der Waals surface area contributed by atoms with Gasteiger partial charge in [-0.05, 0) is 17.7 Å². The van der Waals surface area contributed by atoms with Gasteiger partial charge in [-0.25, -0.2) is 19.0 Å². The highest BCUT2D eigenvalue weighted by Crippen LogP contribution is 2.24. The Morgan fingerprint density at radius 2 is 2.17 bits per heavy atom. The first-order valence-corrected chi connectivity index (χ1v) is 7.45. The third kappa shape index (κ3) is 3.00. The average molecular weight is 331 g/mol. The Bertz CT molecular complexity index is 852. The third-order valence-corrected chi connectivity index (χ3v) is 3.72. The lowest BCUT2D eigenvalue weighted by Gasteiger charge is -2.19. The number of aliphatic hydroxyl groups excluding tert-OH is 1. The van der Waals surface area contributed by atoms with Crippen molar-refractivity contribution in [1.29, 1.82) is 0 Å². The molecule has 126 valence electrons. The van der Waals surface area contributed by atoms with Crippen molar-refractivity contribution in [3.8, 4) is 5.75 Å². The fraction of sp³-hybridized carbons (Fsp3) is 0.312. The number of aliphatic hydroxyl groups is 1. The number of hydrogen-bond acceptors (Lipinski definition) is 6. The van der Waals surface area contributed by atoms with Gasteiger partial charge in [0.05, 0.1) is 31.8 Å². The maximum atomic E-state index is 13.8. The molecule has 0 saturated heterocycles. The summed E-state index contributed by atoms with van der Waals surface area (Å²) >= 11 is 0. The van der Waals surface area contributed by atoms with Crippen LogP contribution in [0.4, 0.5) is 10.2 Å². The van der Waals surface area contributed by atoms with Crippen molar-refractivity contribution >= 4 is 16.9 Å². The van der Waals surface area contributed by atoms with Crippen LogP contribution in [0.1, 0.15) is 5.56 Å². The van der Waals surface area contributed by atoms with Gasteiger partial charge < -0.3 is 14.7 Å². The monoisotopic (exact) mass is 331 g/mol. The topological polar surface area (TPSA) is 76.3 Å². The van der Waals surface area contributed by atoms with E-state index in [1.54, 1.807) is 16.9 Å². The Kier molecular flexibility index (Phi) is 4.57. The summed E-state index contributed by atoms with van der Waals surface area (Å²) in [5, 5.41) is 14.1. The molecular formula is C16H18FN5O2. The second-order valence-electron chi connectivity index (χ2n) is 5.35. The molecule has 0 saturated carbocycles. The number of nitrogens with zero attached hydrogens (tertiary/aromatic N) is 5. The van der Waals surface area contributed by atoms with Crippen LogP contribution in [0.25, 0.3) is 11.0 Å². The number of ether oxygens (including phenoxy) is 1. The maximum absolute atomic E-state index is 13.8. The highest BCUT2D eigenvalue weighted by molar-refractivity contribution is 5.86. The molecule has 2 aromatic heterocycles.